The zero-order valence-electron chi connectivity index (χ0n) is 11.9. The molecule has 0 aliphatic heterocycles. The first-order chi connectivity index (χ1) is 10.3. The maximum Gasteiger partial charge on any atom is 0.132 e. The fourth-order valence-electron chi connectivity index (χ4n) is 2.19. The van der Waals surface area contributed by atoms with E-state index in [1.165, 1.54) is 0 Å². The lowest BCUT2D eigenvalue weighted by Crippen LogP contribution is -1.93. The second-order valence-electron chi connectivity index (χ2n) is 4.42. The average molecular weight is 281 g/mol. The average Bonchev–Trinajstić information content (AvgIpc) is 3.04. The zero-order chi connectivity index (χ0) is 14.7. The zero-order valence-corrected chi connectivity index (χ0v) is 11.9. The molecule has 0 fully saturated rings. The third-order valence-corrected chi connectivity index (χ3v) is 3.20. The summed E-state index contributed by atoms with van der Waals surface area (Å²) in [6.45, 7) is 0. The smallest absolute Gasteiger partial charge is 0.132 e. The van der Waals surface area contributed by atoms with Gasteiger partial charge in [0.05, 0.1) is 31.7 Å². The molecule has 0 saturated heterocycles. The van der Waals surface area contributed by atoms with Gasteiger partial charge in [0.15, 0.2) is 0 Å². The van der Waals surface area contributed by atoms with Gasteiger partial charge in [0.25, 0.3) is 0 Å². The third kappa shape index (κ3) is 2.45. The molecule has 0 aliphatic carbocycles. The van der Waals surface area contributed by atoms with E-state index in [4.69, 9.17) is 9.47 Å². The van der Waals surface area contributed by atoms with Crippen molar-refractivity contribution in [2.24, 2.45) is 0 Å². The van der Waals surface area contributed by atoms with Crippen molar-refractivity contribution in [1.82, 2.24) is 15.0 Å². The van der Waals surface area contributed by atoms with E-state index in [2.05, 4.69) is 10.3 Å². The molecule has 0 aliphatic rings. The van der Waals surface area contributed by atoms with E-state index >= 15 is 0 Å². The van der Waals surface area contributed by atoms with Crippen molar-refractivity contribution in [3.05, 3.63) is 54.7 Å². The third-order valence-electron chi connectivity index (χ3n) is 3.20. The molecule has 3 rings (SSSR count). The van der Waals surface area contributed by atoms with Crippen LogP contribution >= 0.6 is 0 Å². The van der Waals surface area contributed by atoms with Gasteiger partial charge < -0.3 is 9.47 Å². The van der Waals surface area contributed by atoms with Crippen LogP contribution in [-0.4, -0.2) is 29.2 Å². The highest BCUT2D eigenvalue weighted by Crippen LogP contribution is 2.36. The molecule has 2 aromatic carbocycles. The number of methoxy groups -OCH3 is 2. The summed E-state index contributed by atoms with van der Waals surface area (Å²) in [5, 5.41) is 8.40. The van der Waals surface area contributed by atoms with Gasteiger partial charge in [-0.1, -0.05) is 29.5 Å². The standard InChI is InChI=1S/C16H15N3O2/c1-20-14-9-6-10-15(21-2)16(14)13-11-19(18-17-13)12-7-4-3-5-8-12/h3-11H,1-2H3. The Labute approximate surface area is 122 Å². The number of rotatable bonds is 4. The lowest BCUT2D eigenvalue weighted by atomic mass is 10.1. The lowest BCUT2D eigenvalue weighted by Gasteiger charge is -2.10. The van der Waals surface area contributed by atoms with Gasteiger partial charge >= 0.3 is 0 Å². The summed E-state index contributed by atoms with van der Waals surface area (Å²) in [4.78, 5) is 0. The first-order valence-electron chi connectivity index (χ1n) is 6.52. The molecule has 106 valence electrons. The summed E-state index contributed by atoms with van der Waals surface area (Å²) in [5.74, 6) is 1.41. The number of para-hydroxylation sites is 1. The molecule has 0 saturated carbocycles. The van der Waals surface area contributed by atoms with Gasteiger partial charge in [-0.2, -0.15) is 0 Å². The van der Waals surface area contributed by atoms with Gasteiger partial charge in [0.1, 0.15) is 17.2 Å². The molecule has 0 bridgehead atoms. The molecule has 0 amide bonds. The molecule has 0 atom stereocenters. The summed E-state index contributed by atoms with van der Waals surface area (Å²) >= 11 is 0. The summed E-state index contributed by atoms with van der Waals surface area (Å²) in [6.07, 6.45) is 1.86. The minimum absolute atomic E-state index is 0.702. The second-order valence-corrected chi connectivity index (χ2v) is 4.42. The van der Waals surface area contributed by atoms with Gasteiger partial charge in [-0.05, 0) is 24.3 Å². The number of ether oxygens (including phenoxy) is 2. The van der Waals surface area contributed by atoms with Crippen LogP contribution in [0.2, 0.25) is 0 Å². The van der Waals surface area contributed by atoms with Gasteiger partial charge in [-0.25, -0.2) is 4.68 Å². The van der Waals surface area contributed by atoms with E-state index in [1.807, 2.05) is 54.7 Å². The van der Waals surface area contributed by atoms with Crippen molar-refractivity contribution >= 4 is 0 Å². The molecule has 0 radical (unpaired) electrons. The highest BCUT2D eigenvalue weighted by atomic mass is 16.5. The van der Waals surface area contributed by atoms with Gasteiger partial charge in [-0.3, -0.25) is 0 Å². The molecule has 1 heterocycles. The van der Waals surface area contributed by atoms with E-state index in [0.717, 1.165) is 11.3 Å². The second kappa shape index (κ2) is 5.66. The number of hydrogen-bond donors (Lipinski definition) is 0. The van der Waals surface area contributed by atoms with E-state index < -0.39 is 0 Å². The van der Waals surface area contributed by atoms with Crippen LogP contribution in [0.4, 0.5) is 0 Å². The minimum Gasteiger partial charge on any atom is -0.496 e. The molecular formula is C16H15N3O2. The predicted octanol–water partition coefficient (Wildman–Crippen LogP) is 2.95. The van der Waals surface area contributed by atoms with E-state index in [-0.39, 0.29) is 0 Å². The SMILES string of the molecule is COc1cccc(OC)c1-c1cn(-c2ccccc2)nn1. The summed E-state index contributed by atoms with van der Waals surface area (Å²) < 4.78 is 12.5. The number of aromatic nitrogens is 3. The summed E-state index contributed by atoms with van der Waals surface area (Å²) in [6, 6.07) is 15.4. The van der Waals surface area contributed by atoms with Crippen LogP contribution < -0.4 is 9.47 Å². The maximum atomic E-state index is 5.40. The Bertz CT molecular complexity index is 716. The van der Waals surface area contributed by atoms with Crippen LogP contribution in [-0.2, 0) is 0 Å². The fourth-order valence-corrected chi connectivity index (χ4v) is 2.19. The highest BCUT2D eigenvalue weighted by molar-refractivity contribution is 5.73. The topological polar surface area (TPSA) is 49.2 Å². The van der Waals surface area contributed by atoms with Crippen molar-refractivity contribution in [3.63, 3.8) is 0 Å². The van der Waals surface area contributed by atoms with Crippen LogP contribution in [0.15, 0.2) is 54.7 Å². The normalized spacial score (nSPS) is 10.4. The Hall–Kier alpha value is -2.82. The highest BCUT2D eigenvalue weighted by Gasteiger charge is 2.15. The van der Waals surface area contributed by atoms with Gasteiger partial charge in [0, 0.05) is 0 Å². The summed E-state index contributed by atoms with van der Waals surface area (Å²) in [5.41, 5.74) is 2.45. The molecule has 0 N–H and O–H groups in total. The molecule has 3 aromatic rings. The minimum atomic E-state index is 0.702. The van der Waals surface area contributed by atoms with E-state index in [9.17, 15) is 0 Å². The van der Waals surface area contributed by atoms with Crippen LogP contribution in [0.3, 0.4) is 0 Å². The summed E-state index contributed by atoms with van der Waals surface area (Å²) in [7, 11) is 3.25. The Balaban J connectivity index is 2.08. The van der Waals surface area contributed by atoms with Crippen LogP contribution in [0.5, 0.6) is 11.5 Å². The van der Waals surface area contributed by atoms with Crippen molar-refractivity contribution in [1.29, 1.82) is 0 Å². The number of hydrogen-bond acceptors (Lipinski definition) is 4. The molecule has 5 nitrogen and oxygen atoms in total. The van der Waals surface area contributed by atoms with E-state index in [1.54, 1.807) is 18.9 Å². The van der Waals surface area contributed by atoms with E-state index in [0.29, 0.717) is 17.2 Å². The van der Waals surface area contributed by atoms with Gasteiger partial charge in [0.2, 0.25) is 0 Å². The maximum absolute atomic E-state index is 5.40. The Morgan fingerprint density at radius 2 is 1.52 bits per heavy atom. The van der Waals surface area contributed by atoms with Gasteiger partial charge in [-0.15, -0.1) is 5.10 Å². The molecule has 1 aromatic heterocycles. The largest absolute Gasteiger partial charge is 0.496 e. The molecule has 21 heavy (non-hydrogen) atoms. The van der Waals surface area contributed by atoms with Crippen molar-refractivity contribution < 1.29 is 9.47 Å². The van der Waals surface area contributed by atoms with Crippen LogP contribution in [0.1, 0.15) is 0 Å². The Morgan fingerprint density at radius 1 is 0.857 bits per heavy atom. The fraction of sp³-hybridized carbons (Fsp3) is 0.125. The Morgan fingerprint density at radius 3 is 2.14 bits per heavy atom. The number of benzene rings is 2. The molecule has 0 unspecified atom stereocenters. The first-order valence-corrected chi connectivity index (χ1v) is 6.52. The molecule has 5 heteroatoms. The van der Waals surface area contributed by atoms with Crippen molar-refractivity contribution in [2.45, 2.75) is 0 Å². The van der Waals surface area contributed by atoms with Crippen molar-refractivity contribution in [3.8, 4) is 28.4 Å². The predicted molar refractivity (Wildman–Crippen MR) is 79.9 cm³/mol. The van der Waals surface area contributed by atoms with Crippen LogP contribution in [0.25, 0.3) is 16.9 Å². The van der Waals surface area contributed by atoms with Crippen molar-refractivity contribution in [2.75, 3.05) is 14.2 Å². The monoisotopic (exact) mass is 281 g/mol. The number of nitrogens with zero attached hydrogens (tertiary/aromatic N) is 3. The molecular weight excluding hydrogens is 266 g/mol. The molecule has 0 spiro atoms. The lowest BCUT2D eigenvalue weighted by molar-refractivity contribution is 0.397. The first kappa shape index (κ1) is 13.2. The Kier molecular flexibility index (Phi) is 3.55. The quantitative estimate of drug-likeness (QED) is 0.737. The van der Waals surface area contributed by atoms with Crippen LogP contribution in [0, 0.1) is 0 Å².